The van der Waals surface area contributed by atoms with Crippen LogP contribution in [0.3, 0.4) is 0 Å². The second kappa shape index (κ2) is 6.16. The normalized spacial score (nSPS) is 15.8. The third kappa shape index (κ3) is 3.07. The van der Waals surface area contributed by atoms with E-state index in [2.05, 4.69) is 15.3 Å². The average molecular weight is 260 g/mol. The molecular weight excluding hydrogens is 248 g/mol. The molecule has 10 heteroatoms. The molecule has 1 aromatic heterocycles. The Hall–Kier alpha value is -1.88. The van der Waals surface area contributed by atoms with Crippen molar-refractivity contribution in [1.29, 1.82) is 0 Å². The standard InChI is InChI=1S/C8H12N4O6/c13-2-4(14)6(16)5(15)3-1-9-7(10-3)8(17)11-12-18/h1,4-6,13-16H,2H2,(H,9,10)(H,11,17,18)/t4-,5-,6-/m1/s1. The van der Waals surface area contributed by atoms with E-state index < -0.39 is 30.8 Å². The van der Waals surface area contributed by atoms with Crippen LogP contribution in [0, 0.1) is 4.91 Å². The summed E-state index contributed by atoms with van der Waals surface area (Å²) in [7, 11) is 0. The van der Waals surface area contributed by atoms with Crippen LogP contribution in [0.25, 0.3) is 0 Å². The van der Waals surface area contributed by atoms with Crippen LogP contribution in [0.15, 0.2) is 11.5 Å². The first-order valence-electron chi connectivity index (χ1n) is 4.84. The molecule has 3 atom stereocenters. The number of aliphatic hydroxyl groups is 4. The van der Waals surface area contributed by atoms with Gasteiger partial charge in [-0.3, -0.25) is 4.79 Å². The van der Waals surface area contributed by atoms with Crippen molar-refractivity contribution in [2.75, 3.05) is 6.61 Å². The number of aromatic nitrogens is 2. The van der Waals surface area contributed by atoms with E-state index in [0.29, 0.717) is 0 Å². The minimum atomic E-state index is -1.67. The number of carbonyl (C=O) groups is 1. The van der Waals surface area contributed by atoms with Gasteiger partial charge in [-0.25, -0.2) is 10.4 Å². The van der Waals surface area contributed by atoms with Crippen molar-refractivity contribution in [3.8, 4) is 0 Å². The van der Waals surface area contributed by atoms with Crippen LogP contribution in [0.1, 0.15) is 22.4 Å². The van der Waals surface area contributed by atoms with Gasteiger partial charge in [-0.2, -0.15) is 0 Å². The van der Waals surface area contributed by atoms with Crippen molar-refractivity contribution >= 4 is 5.91 Å². The van der Waals surface area contributed by atoms with E-state index in [9.17, 15) is 19.9 Å². The molecule has 0 bridgehead atoms. The van der Waals surface area contributed by atoms with E-state index >= 15 is 0 Å². The Bertz CT molecular complexity index is 421. The van der Waals surface area contributed by atoms with Gasteiger partial charge >= 0.3 is 5.91 Å². The molecule has 0 saturated heterocycles. The number of aromatic amines is 1. The number of rotatable bonds is 6. The summed E-state index contributed by atoms with van der Waals surface area (Å²) in [6.45, 7) is -0.745. The van der Waals surface area contributed by atoms with Crippen molar-refractivity contribution in [3.05, 3.63) is 22.6 Å². The number of hydrogen-bond acceptors (Lipinski definition) is 8. The van der Waals surface area contributed by atoms with Gasteiger partial charge < -0.3 is 25.4 Å². The highest BCUT2D eigenvalue weighted by atomic mass is 16.4. The lowest BCUT2D eigenvalue weighted by molar-refractivity contribution is -0.0788. The SMILES string of the molecule is O=NNC(=O)c1nc([C@@H](O)[C@H](O)[C@H](O)CO)c[nH]1. The van der Waals surface area contributed by atoms with E-state index in [1.54, 1.807) is 5.43 Å². The molecule has 100 valence electrons. The summed E-state index contributed by atoms with van der Waals surface area (Å²) in [4.78, 5) is 26.8. The van der Waals surface area contributed by atoms with Gasteiger partial charge in [-0.1, -0.05) is 0 Å². The number of nitrogens with one attached hydrogen (secondary N) is 2. The highest BCUT2D eigenvalue weighted by Crippen LogP contribution is 2.17. The zero-order chi connectivity index (χ0) is 13.7. The van der Waals surface area contributed by atoms with Gasteiger partial charge in [0.25, 0.3) is 0 Å². The molecule has 0 saturated carbocycles. The number of carbonyl (C=O) groups excluding carboxylic acids is 1. The van der Waals surface area contributed by atoms with Gasteiger partial charge in [0.05, 0.1) is 17.6 Å². The predicted octanol–water partition coefficient (Wildman–Crippen LogP) is -2.43. The Kier molecular flexibility index (Phi) is 4.85. The molecule has 1 rings (SSSR count). The van der Waals surface area contributed by atoms with Gasteiger partial charge in [0.1, 0.15) is 18.3 Å². The van der Waals surface area contributed by atoms with E-state index in [0.717, 1.165) is 6.20 Å². The lowest BCUT2D eigenvalue weighted by Gasteiger charge is -2.19. The molecule has 0 aliphatic heterocycles. The molecule has 18 heavy (non-hydrogen) atoms. The summed E-state index contributed by atoms with van der Waals surface area (Å²) in [5, 5.41) is 38.9. The summed E-state index contributed by atoms with van der Waals surface area (Å²) in [6, 6.07) is 0. The third-order valence-corrected chi connectivity index (χ3v) is 2.17. The maximum absolute atomic E-state index is 11.1. The first kappa shape index (κ1) is 14.2. The number of aliphatic hydroxyl groups excluding tert-OH is 4. The number of hydrogen-bond donors (Lipinski definition) is 6. The first-order valence-corrected chi connectivity index (χ1v) is 4.84. The van der Waals surface area contributed by atoms with E-state index in [4.69, 9.17) is 10.2 Å². The third-order valence-electron chi connectivity index (χ3n) is 2.17. The Morgan fingerprint density at radius 3 is 2.72 bits per heavy atom. The molecule has 1 heterocycles. The Morgan fingerprint density at radius 1 is 1.50 bits per heavy atom. The van der Waals surface area contributed by atoms with Gasteiger partial charge in [0, 0.05) is 6.20 Å². The largest absolute Gasteiger partial charge is 0.394 e. The topological polar surface area (TPSA) is 168 Å². The molecule has 0 aliphatic rings. The number of nitrogens with zero attached hydrogens (tertiary/aromatic N) is 2. The molecule has 0 aromatic carbocycles. The number of imidazole rings is 1. The summed E-state index contributed by atoms with van der Waals surface area (Å²) in [6.07, 6.45) is -3.71. The summed E-state index contributed by atoms with van der Waals surface area (Å²) < 4.78 is 0. The Balaban J connectivity index is 2.79. The molecule has 10 nitrogen and oxygen atoms in total. The lowest BCUT2D eigenvalue weighted by Crippen LogP contribution is -2.34. The molecule has 0 unspecified atom stereocenters. The van der Waals surface area contributed by atoms with Gasteiger partial charge in [0.2, 0.25) is 0 Å². The highest BCUT2D eigenvalue weighted by molar-refractivity contribution is 5.90. The molecule has 6 N–H and O–H groups in total. The fraction of sp³-hybridized carbons (Fsp3) is 0.500. The second-order valence-electron chi connectivity index (χ2n) is 3.39. The summed E-state index contributed by atoms with van der Waals surface area (Å²) in [5.74, 6) is -1.21. The van der Waals surface area contributed by atoms with Crippen molar-refractivity contribution < 1.29 is 25.2 Å². The van der Waals surface area contributed by atoms with Crippen LogP contribution in [-0.2, 0) is 0 Å². The maximum atomic E-state index is 11.1. The summed E-state index contributed by atoms with van der Waals surface area (Å²) in [5.41, 5.74) is 1.45. The quantitative estimate of drug-likeness (QED) is 0.244. The van der Waals surface area contributed by atoms with Crippen LogP contribution in [-0.4, -0.2) is 55.1 Å². The molecule has 1 amide bonds. The highest BCUT2D eigenvalue weighted by Gasteiger charge is 2.27. The molecule has 0 spiro atoms. The Morgan fingerprint density at radius 2 is 2.17 bits per heavy atom. The van der Waals surface area contributed by atoms with Crippen LogP contribution in [0.2, 0.25) is 0 Å². The molecule has 1 aromatic rings. The maximum Gasteiger partial charge on any atom is 0.309 e. The molecular formula is C8H12N4O6. The number of nitroso groups, excluding NO2 is 1. The molecule has 0 radical (unpaired) electrons. The first-order chi connectivity index (χ1) is 8.51. The minimum absolute atomic E-state index is 0.133. The Labute approximate surface area is 100 Å². The summed E-state index contributed by atoms with van der Waals surface area (Å²) >= 11 is 0. The van der Waals surface area contributed by atoms with Crippen LogP contribution >= 0.6 is 0 Å². The van der Waals surface area contributed by atoms with Crippen LogP contribution in [0.5, 0.6) is 0 Å². The zero-order valence-corrected chi connectivity index (χ0v) is 9.02. The van der Waals surface area contributed by atoms with Crippen LogP contribution in [0.4, 0.5) is 0 Å². The van der Waals surface area contributed by atoms with Crippen molar-refractivity contribution in [3.63, 3.8) is 0 Å². The average Bonchev–Trinajstić information content (AvgIpc) is 2.86. The van der Waals surface area contributed by atoms with Crippen molar-refractivity contribution in [1.82, 2.24) is 15.4 Å². The van der Waals surface area contributed by atoms with Crippen LogP contribution < -0.4 is 5.43 Å². The van der Waals surface area contributed by atoms with E-state index in [1.165, 1.54) is 0 Å². The number of amides is 1. The zero-order valence-electron chi connectivity index (χ0n) is 9.02. The van der Waals surface area contributed by atoms with Crippen molar-refractivity contribution in [2.24, 2.45) is 5.29 Å². The van der Waals surface area contributed by atoms with E-state index in [-0.39, 0.29) is 11.5 Å². The molecule has 0 fully saturated rings. The molecule has 0 aliphatic carbocycles. The predicted molar refractivity (Wildman–Crippen MR) is 55.9 cm³/mol. The van der Waals surface area contributed by atoms with E-state index in [1.807, 2.05) is 0 Å². The van der Waals surface area contributed by atoms with Gasteiger partial charge in [-0.15, -0.1) is 4.91 Å². The minimum Gasteiger partial charge on any atom is -0.394 e. The second-order valence-corrected chi connectivity index (χ2v) is 3.39. The lowest BCUT2D eigenvalue weighted by atomic mass is 10.1. The fourth-order valence-corrected chi connectivity index (χ4v) is 1.19. The monoisotopic (exact) mass is 260 g/mol. The number of H-pyrrole nitrogens is 1. The van der Waals surface area contributed by atoms with Gasteiger partial charge in [-0.05, 0) is 0 Å². The van der Waals surface area contributed by atoms with Gasteiger partial charge in [0.15, 0.2) is 5.82 Å². The fourth-order valence-electron chi connectivity index (χ4n) is 1.19. The smallest absolute Gasteiger partial charge is 0.309 e. The van der Waals surface area contributed by atoms with Crippen molar-refractivity contribution in [2.45, 2.75) is 18.3 Å².